The van der Waals surface area contributed by atoms with Gasteiger partial charge in [-0.15, -0.1) is 5.10 Å². The van der Waals surface area contributed by atoms with Gasteiger partial charge in [0.25, 0.3) is 5.92 Å². The molecule has 0 bridgehead atoms. The standard InChI is InChI=1S/C17H14BrF3N4/c1-10-9-24(15-6-5-14-22-8-13(18)25(14)23-15)16(17(10,20)21)11-3-2-4-12(19)7-11/h2-8,10,16H,9H2,1H3. The van der Waals surface area contributed by atoms with Crippen LogP contribution in [0.25, 0.3) is 5.65 Å². The molecule has 1 aromatic carbocycles. The molecule has 0 amide bonds. The molecule has 25 heavy (non-hydrogen) atoms. The van der Waals surface area contributed by atoms with Crippen molar-refractivity contribution in [2.75, 3.05) is 11.4 Å². The summed E-state index contributed by atoms with van der Waals surface area (Å²) in [5.41, 5.74) is 0.845. The summed E-state index contributed by atoms with van der Waals surface area (Å²) in [6.45, 7) is 1.62. The fraction of sp³-hybridized carbons (Fsp3) is 0.294. The van der Waals surface area contributed by atoms with Crippen LogP contribution in [0.1, 0.15) is 18.5 Å². The second kappa shape index (κ2) is 5.72. The van der Waals surface area contributed by atoms with E-state index in [1.807, 2.05) is 0 Å². The lowest BCUT2D eigenvalue weighted by molar-refractivity contribution is -0.0438. The molecule has 130 valence electrons. The molecule has 0 saturated carbocycles. The lowest BCUT2D eigenvalue weighted by Crippen LogP contribution is -2.32. The fourth-order valence-corrected chi connectivity index (χ4v) is 3.66. The molecule has 1 fully saturated rings. The molecule has 0 spiro atoms. The second-order valence-corrected chi connectivity index (χ2v) is 7.04. The van der Waals surface area contributed by atoms with E-state index in [0.29, 0.717) is 16.1 Å². The zero-order valence-electron chi connectivity index (χ0n) is 13.2. The number of fused-ring (bicyclic) bond motifs is 1. The van der Waals surface area contributed by atoms with E-state index in [9.17, 15) is 13.2 Å². The first-order valence-electron chi connectivity index (χ1n) is 7.78. The summed E-state index contributed by atoms with van der Waals surface area (Å²) >= 11 is 3.34. The topological polar surface area (TPSA) is 33.4 Å². The Morgan fingerprint density at radius 2 is 2.04 bits per heavy atom. The largest absolute Gasteiger partial charge is 0.342 e. The maximum Gasteiger partial charge on any atom is 0.276 e. The Kier molecular flexibility index (Phi) is 3.75. The first kappa shape index (κ1) is 16.4. The molecule has 4 nitrogen and oxygen atoms in total. The maximum atomic E-state index is 14.9. The molecule has 1 aliphatic rings. The van der Waals surface area contributed by atoms with Crippen LogP contribution in [-0.4, -0.2) is 27.1 Å². The minimum Gasteiger partial charge on any atom is -0.342 e. The Morgan fingerprint density at radius 1 is 1.24 bits per heavy atom. The fourth-order valence-electron chi connectivity index (χ4n) is 3.29. The lowest BCUT2D eigenvalue weighted by atomic mass is 9.96. The van der Waals surface area contributed by atoms with Gasteiger partial charge in [-0.2, -0.15) is 0 Å². The molecule has 8 heteroatoms. The molecular weight excluding hydrogens is 397 g/mol. The highest BCUT2D eigenvalue weighted by atomic mass is 79.9. The van der Waals surface area contributed by atoms with Crippen LogP contribution in [0.2, 0.25) is 0 Å². The summed E-state index contributed by atoms with van der Waals surface area (Å²) < 4.78 is 45.5. The number of rotatable bonds is 2. The molecule has 4 rings (SSSR count). The Hall–Kier alpha value is -2.09. The van der Waals surface area contributed by atoms with Crippen molar-refractivity contribution in [3.63, 3.8) is 0 Å². The SMILES string of the molecule is CC1CN(c2ccc3ncc(Br)n3n2)C(c2cccc(F)c2)C1(F)F. The van der Waals surface area contributed by atoms with E-state index in [0.717, 1.165) is 6.07 Å². The predicted molar refractivity (Wildman–Crippen MR) is 91.3 cm³/mol. The molecule has 3 aromatic rings. The molecule has 0 N–H and O–H groups in total. The van der Waals surface area contributed by atoms with Crippen molar-refractivity contribution in [2.24, 2.45) is 5.92 Å². The number of anilines is 1. The third-order valence-corrected chi connectivity index (χ3v) is 5.11. The van der Waals surface area contributed by atoms with Gasteiger partial charge in [0.05, 0.1) is 6.20 Å². The van der Waals surface area contributed by atoms with Crippen LogP contribution in [-0.2, 0) is 0 Å². The summed E-state index contributed by atoms with van der Waals surface area (Å²) in [4.78, 5) is 5.69. The van der Waals surface area contributed by atoms with Gasteiger partial charge in [0, 0.05) is 12.5 Å². The lowest BCUT2D eigenvalue weighted by Gasteiger charge is -2.29. The van der Waals surface area contributed by atoms with Crippen LogP contribution < -0.4 is 4.90 Å². The van der Waals surface area contributed by atoms with Crippen molar-refractivity contribution in [1.82, 2.24) is 14.6 Å². The van der Waals surface area contributed by atoms with Gasteiger partial charge in [-0.1, -0.05) is 19.1 Å². The van der Waals surface area contributed by atoms with Gasteiger partial charge in [0.2, 0.25) is 0 Å². The average Bonchev–Trinajstić information content (AvgIpc) is 3.05. The van der Waals surface area contributed by atoms with Crippen LogP contribution in [0.4, 0.5) is 19.0 Å². The number of benzene rings is 1. The minimum atomic E-state index is -3.00. The van der Waals surface area contributed by atoms with Gasteiger partial charge in [-0.3, -0.25) is 0 Å². The van der Waals surface area contributed by atoms with Crippen molar-refractivity contribution < 1.29 is 13.2 Å². The molecule has 0 aliphatic carbocycles. The minimum absolute atomic E-state index is 0.124. The molecule has 1 aliphatic heterocycles. The number of hydrogen-bond donors (Lipinski definition) is 0. The third kappa shape index (κ3) is 2.59. The first-order chi connectivity index (χ1) is 11.9. The number of hydrogen-bond acceptors (Lipinski definition) is 3. The highest BCUT2D eigenvalue weighted by Crippen LogP contribution is 2.49. The van der Waals surface area contributed by atoms with E-state index in [2.05, 4.69) is 26.0 Å². The van der Waals surface area contributed by atoms with Crippen LogP contribution >= 0.6 is 15.9 Å². The van der Waals surface area contributed by atoms with Crippen LogP contribution in [0.3, 0.4) is 0 Å². The van der Waals surface area contributed by atoms with Gasteiger partial charge >= 0.3 is 0 Å². The zero-order valence-corrected chi connectivity index (χ0v) is 14.8. The third-order valence-electron chi connectivity index (χ3n) is 4.57. The van der Waals surface area contributed by atoms with Crippen molar-refractivity contribution in [1.29, 1.82) is 0 Å². The number of imidazole rings is 1. The molecule has 2 atom stereocenters. The maximum absolute atomic E-state index is 14.9. The highest BCUT2D eigenvalue weighted by Gasteiger charge is 2.55. The molecule has 3 heterocycles. The first-order valence-corrected chi connectivity index (χ1v) is 8.57. The Bertz CT molecular complexity index is 943. The summed E-state index contributed by atoms with van der Waals surface area (Å²) in [5.74, 6) is -4.03. The molecular formula is C17H14BrF3N4. The van der Waals surface area contributed by atoms with Crippen LogP contribution in [0.5, 0.6) is 0 Å². The van der Waals surface area contributed by atoms with Gasteiger partial charge in [0.1, 0.15) is 22.3 Å². The molecule has 2 aromatic heterocycles. The Balaban J connectivity index is 1.84. The molecule has 1 saturated heterocycles. The average molecular weight is 411 g/mol. The van der Waals surface area contributed by atoms with E-state index >= 15 is 0 Å². The summed E-state index contributed by atoms with van der Waals surface area (Å²) in [5, 5.41) is 4.42. The summed E-state index contributed by atoms with van der Waals surface area (Å²) in [7, 11) is 0. The zero-order chi connectivity index (χ0) is 17.8. The van der Waals surface area contributed by atoms with Crippen molar-refractivity contribution in [3.8, 4) is 0 Å². The number of alkyl halides is 2. The second-order valence-electron chi connectivity index (χ2n) is 6.23. The van der Waals surface area contributed by atoms with Gasteiger partial charge < -0.3 is 4.90 Å². The van der Waals surface area contributed by atoms with Crippen LogP contribution in [0, 0.1) is 11.7 Å². The smallest absolute Gasteiger partial charge is 0.276 e. The van der Waals surface area contributed by atoms with E-state index in [4.69, 9.17) is 0 Å². The summed E-state index contributed by atoms with van der Waals surface area (Å²) in [6, 6.07) is 7.49. The van der Waals surface area contributed by atoms with Gasteiger partial charge in [0.15, 0.2) is 5.65 Å². The van der Waals surface area contributed by atoms with Gasteiger partial charge in [-0.25, -0.2) is 22.7 Å². The highest BCUT2D eigenvalue weighted by molar-refractivity contribution is 9.10. The molecule has 2 unspecified atom stereocenters. The Morgan fingerprint density at radius 3 is 2.80 bits per heavy atom. The van der Waals surface area contributed by atoms with E-state index in [1.54, 1.807) is 22.8 Å². The van der Waals surface area contributed by atoms with Crippen molar-refractivity contribution >= 4 is 27.4 Å². The van der Waals surface area contributed by atoms with E-state index < -0.39 is 23.7 Å². The predicted octanol–water partition coefficient (Wildman–Crippen LogP) is 4.46. The van der Waals surface area contributed by atoms with Crippen LogP contribution in [0.15, 0.2) is 47.2 Å². The normalized spacial score (nSPS) is 22.7. The number of halogens is 4. The number of nitrogens with zero attached hydrogens (tertiary/aromatic N) is 4. The Labute approximate surface area is 150 Å². The summed E-state index contributed by atoms with van der Waals surface area (Å²) in [6.07, 6.45) is 1.59. The number of aromatic nitrogens is 3. The van der Waals surface area contributed by atoms with Gasteiger partial charge in [-0.05, 0) is 45.8 Å². The molecule has 0 radical (unpaired) electrons. The van der Waals surface area contributed by atoms with E-state index in [1.165, 1.54) is 30.0 Å². The quantitative estimate of drug-likeness (QED) is 0.625. The monoisotopic (exact) mass is 410 g/mol. The van der Waals surface area contributed by atoms with Crippen molar-refractivity contribution in [3.05, 3.63) is 58.6 Å². The van der Waals surface area contributed by atoms with E-state index in [-0.39, 0.29) is 12.1 Å². The van der Waals surface area contributed by atoms with Crippen molar-refractivity contribution in [2.45, 2.75) is 18.9 Å².